The average Bonchev–Trinajstić information content (AvgIpc) is 3.25. The summed E-state index contributed by atoms with van der Waals surface area (Å²) in [5.41, 5.74) is 2.51. The van der Waals surface area contributed by atoms with Gasteiger partial charge >= 0.3 is 0 Å². The van der Waals surface area contributed by atoms with Gasteiger partial charge in [-0.15, -0.1) is 0 Å². The fourth-order valence-electron chi connectivity index (χ4n) is 3.54. The molecule has 2 aromatic carbocycles. The SMILES string of the molecule is Cn1cc(C(=O)Nc2ccc(OC3CCCC3)cc2)c2ccccc21. The van der Waals surface area contributed by atoms with Crippen molar-refractivity contribution >= 4 is 22.5 Å². The van der Waals surface area contributed by atoms with Crippen LogP contribution in [-0.4, -0.2) is 16.6 Å². The van der Waals surface area contributed by atoms with E-state index >= 15 is 0 Å². The van der Waals surface area contributed by atoms with E-state index in [9.17, 15) is 4.79 Å². The molecule has 0 unspecified atom stereocenters. The Bertz CT molecular complexity index is 890. The predicted molar refractivity (Wildman–Crippen MR) is 100 cm³/mol. The van der Waals surface area contributed by atoms with E-state index in [1.165, 1.54) is 12.8 Å². The number of nitrogens with one attached hydrogen (secondary N) is 1. The molecule has 1 heterocycles. The standard InChI is InChI=1S/C21H22N2O2/c1-23-14-19(18-8-4-5-9-20(18)23)21(24)22-15-10-12-17(13-11-15)25-16-6-2-3-7-16/h4-5,8-14,16H,2-3,6-7H2,1H3,(H,22,24). The molecule has 4 heteroatoms. The normalized spacial score (nSPS) is 14.8. The van der Waals surface area contributed by atoms with Gasteiger partial charge in [0.05, 0.1) is 11.7 Å². The Morgan fingerprint density at radius 1 is 1.08 bits per heavy atom. The highest BCUT2D eigenvalue weighted by Crippen LogP contribution is 2.26. The summed E-state index contributed by atoms with van der Waals surface area (Å²) >= 11 is 0. The number of nitrogens with zero attached hydrogens (tertiary/aromatic N) is 1. The molecule has 0 saturated heterocycles. The molecule has 0 atom stereocenters. The number of benzene rings is 2. The summed E-state index contributed by atoms with van der Waals surface area (Å²) in [6.45, 7) is 0. The second-order valence-corrected chi connectivity index (χ2v) is 6.67. The molecule has 1 aromatic heterocycles. The molecule has 25 heavy (non-hydrogen) atoms. The first-order valence-electron chi connectivity index (χ1n) is 8.83. The van der Waals surface area contributed by atoms with Crippen molar-refractivity contribution in [1.82, 2.24) is 4.57 Å². The van der Waals surface area contributed by atoms with Crippen LogP contribution in [0.1, 0.15) is 36.0 Å². The van der Waals surface area contributed by atoms with Crippen LogP contribution in [0.5, 0.6) is 5.75 Å². The number of aromatic nitrogens is 1. The second kappa shape index (κ2) is 6.63. The Hall–Kier alpha value is -2.75. The lowest BCUT2D eigenvalue weighted by Gasteiger charge is -2.13. The van der Waals surface area contributed by atoms with Gasteiger partial charge in [-0.1, -0.05) is 18.2 Å². The third kappa shape index (κ3) is 3.25. The molecule has 3 aromatic rings. The molecule has 4 nitrogen and oxygen atoms in total. The number of fused-ring (bicyclic) bond motifs is 1. The van der Waals surface area contributed by atoms with E-state index in [1.54, 1.807) is 0 Å². The highest BCUT2D eigenvalue weighted by Gasteiger charge is 2.17. The number of carbonyl (C=O) groups excluding carboxylic acids is 1. The number of anilines is 1. The zero-order valence-corrected chi connectivity index (χ0v) is 14.4. The molecular formula is C21H22N2O2. The molecule has 0 radical (unpaired) electrons. The van der Waals surface area contributed by atoms with Crippen LogP contribution >= 0.6 is 0 Å². The van der Waals surface area contributed by atoms with Crippen LogP contribution in [0.2, 0.25) is 0 Å². The summed E-state index contributed by atoms with van der Waals surface area (Å²) in [6, 6.07) is 15.6. The van der Waals surface area contributed by atoms with Crippen LogP contribution < -0.4 is 10.1 Å². The van der Waals surface area contributed by atoms with Crippen molar-refractivity contribution in [3.63, 3.8) is 0 Å². The summed E-state index contributed by atoms with van der Waals surface area (Å²) in [5, 5.41) is 3.94. The first-order chi connectivity index (χ1) is 12.2. The summed E-state index contributed by atoms with van der Waals surface area (Å²) in [6.07, 6.45) is 7.00. The second-order valence-electron chi connectivity index (χ2n) is 6.67. The van der Waals surface area contributed by atoms with Gasteiger partial charge in [-0.2, -0.15) is 0 Å². The Balaban J connectivity index is 1.48. The van der Waals surface area contributed by atoms with E-state index in [-0.39, 0.29) is 5.91 Å². The van der Waals surface area contributed by atoms with Gasteiger partial charge in [-0.05, 0) is 56.0 Å². The Kier molecular flexibility index (Phi) is 4.18. The van der Waals surface area contributed by atoms with Gasteiger partial charge in [-0.25, -0.2) is 0 Å². The monoisotopic (exact) mass is 334 g/mol. The van der Waals surface area contributed by atoms with Gasteiger partial charge in [0.1, 0.15) is 5.75 Å². The Morgan fingerprint density at radius 2 is 1.80 bits per heavy atom. The molecule has 0 aliphatic heterocycles. The molecule has 0 bridgehead atoms. The zero-order valence-electron chi connectivity index (χ0n) is 14.4. The van der Waals surface area contributed by atoms with Gasteiger partial charge < -0.3 is 14.6 Å². The lowest BCUT2D eigenvalue weighted by molar-refractivity contribution is 0.102. The number of rotatable bonds is 4. The van der Waals surface area contributed by atoms with Gasteiger partial charge in [0.25, 0.3) is 5.91 Å². The van der Waals surface area contributed by atoms with Crippen LogP contribution in [0.4, 0.5) is 5.69 Å². The number of amides is 1. The van der Waals surface area contributed by atoms with E-state index in [1.807, 2.05) is 66.3 Å². The minimum absolute atomic E-state index is 0.0961. The van der Waals surface area contributed by atoms with Gasteiger partial charge in [0.15, 0.2) is 0 Å². The Morgan fingerprint density at radius 3 is 2.56 bits per heavy atom. The van der Waals surface area contributed by atoms with Crippen molar-refractivity contribution in [3.05, 3.63) is 60.3 Å². The quantitative estimate of drug-likeness (QED) is 0.748. The number of ether oxygens (including phenoxy) is 1. The van der Waals surface area contributed by atoms with E-state index in [2.05, 4.69) is 5.32 Å². The summed E-state index contributed by atoms with van der Waals surface area (Å²) in [4.78, 5) is 12.6. The number of aryl methyl sites for hydroxylation is 1. The van der Waals surface area contributed by atoms with Crippen LogP contribution in [0.25, 0.3) is 10.9 Å². The van der Waals surface area contributed by atoms with Gasteiger partial charge in [-0.3, -0.25) is 4.79 Å². The van der Waals surface area contributed by atoms with E-state index in [0.29, 0.717) is 11.7 Å². The summed E-state index contributed by atoms with van der Waals surface area (Å²) in [7, 11) is 1.95. The molecule has 1 aliphatic carbocycles. The highest BCUT2D eigenvalue weighted by atomic mass is 16.5. The molecule has 1 amide bonds. The molecule has 128 valence electrons. The van der Waals surface area contributed by atoms with Crippen molar-refractivity contribution in [3.8, 4) is 5.75 Å². The number of hydrogen-bond acceptors (Lipinski definition) is 2. The molecule has 1 N–H and O–H groups in total. The summed E-state index contributed by atoms with van der Waals surface area (Å²) < 4.78 is 7.94. The maximum Gasteiger partial charge on any atom is 0.257 e. The van der Waals surface area contributed by atoms with E-state index < -0.39 is 0 Å². The van der Waals surface area contributed by atoms with Gasteiger partial charge in [0, 0.05) is 29.8 Å². The molecule has 0 spiro atoms. The van der Waals surface area contributed by atoms with Crippen molar-refractivity contribution in [2.45, 2.75) is 31.8 Å². The first kappa shape index (κ1) is 15.8. The maximum absolute atomic E-state index is 12.6. The predicted octanol–water partition coefficient (Wildman–Crippen LogP) is 4.75. The third-order valence-corrected chi connectivity index (χ3v) is 4.86. The van der Waals surface area contributed by atoms with E-state index in [4.69, 9.17) is 4.74 Å². The fourth-order valence-corrected chi connectivity index (χ4v) is 3.54. The lowest BCUT2D eigenvalue weighted by Crippen LogP contribution is -2.12. The first-order valence-corrected chi connectivity index (χ1v) is 8.83. The lowest BCUT2D eigenvalue weighted by atomic mass is 10.1. The van der Waals surface area contributed by atoms with Crippen molar-refractivity contribution < 1.29 is 9.53 Å². The third-order valence-electron chi connectivity index (χ3n) is 4.86. The highest BCUT2D eigenvalue weighted by molar-refractivity contribution is 6.12. The smallest absolute Gasteiger partial charge is 0.257 e. The topological polar surface area (TPSA) is 43.3 Å². The van der Waals surface area contributed by atoms with E-state index in [0.717, 1.165) is 35.2 Å². The van der Waals surface area contributed by atoms with Crippen LogP contribution in [0.3, 0.4) is 0 Å². The van der Waals surface area contributed by atoms with Crippen molar-refractivity contribution in [2.24, 2.45) is 7.05 Å². The minimum Gasteiger partial charge on any atom is -0.490 e. The molecule has 1 fully saturated rings. The van der Waals surface area contributed by atoms with Crippen molar-refractivity contribution in [2.75, 3.05) is 5.32 Å². The molecular weight excluding hydrogens is 312 g/mol. The molecule has 1 aliphatic rings. The Labute approximate surface area is 147 Å². The fraction of sp³-hybridized carbons (Fsp3) is 0.286. The number of carbonyl (C=O) groups is 1. The largest absolute Gasteiger partial charge is 0.490 e. The van der Waals surface area contributed by atoms with Gasteiger partial charge in [0.2, 0.25) is 0 Å². The van der Waals surface area contributed by atoms with Crippen LogP contribution in [0.15, 0.2) is 54.7 Å². The zero-order chi connectivity index (χ0) is 17.2. The summed E-state index contributed by atoms with van der Waals surface area (Å²) in [5.74, 6) is 0.774. The van der Waals surface area contributed by atoms with Crippen molar-refractivity contribution in [1.29, 1.82) is 0 Å². The molecule has 1 saturated carbocycles. The van der Waals surface area contributed by atoms with Crippen LogP contribution in [0, 0.1) is 0 Å². The minimum atomic E-state index is -0.0961. The number of hydrogen-bond donors (Lipinski definition) is 1. The maximum atomic E-state index is 12.6. The average molecular weight is 334 g/mol. The van der Waals surface area contributed by atoms with Crippen LogP contribution in [-0.2, 0) is 7.05 Å². The number of para-hydroxylation sites is 1. The molecule has 4 rings (SSSR count).